The molecule has 1 N–H and O–H groups in total. The lowest BCUT2D eigenvalue weighted by atomic mass is 9.96. The van der Waals surface area contributed by atoms with Gasteiger partial charge in [0.1, 0.15) is 0 Å². The normalized spacial score (nSPS) is 27.0. The lowest BCUT2D eigenvalue weighted by molar-refractivity contribution is 0.0804. The third-order valence-corrected chi connectivity index (χ3v) is 5.17. The first-order valence-electron chi connectivity index (χ1n) is 8.43. The molecule has 2 aliphatic rings. The first-order valence-corrected chi connectivity index (χ1v) is 8.43. The van der Waals surface area contributed by atoms with E-state index in [2.05, 4.69) is 40.5 Å². The van der Waals surface area contributed by atoms with Crippen molar-refractivity contribution < 1.29 is 9.21 Å². The van der Waals surface area contributed by atoms with E-state index in [1.165, 1.54) is 18.4 Å². The van der Waals surface area contributed by atoms with Crippen LogP contribution in [0.25, 0.3) is 0 Å². The minimum Gasteiger partial charge on any atom is -0.459 e. The summed E-state index contributed by atoms with van der Waals surface area (Å²) in [4.78, 5) is 14.8. The maximum Gasteiger partial charge on any atom is 0.287 e. The van der Waals surface area contributed by atoms with E-state index in [1.54, 1.807) is 18.4 Å². The number of nitrogens with one attached hydrogen (secondary N) is 1. The molecule has 2 atom stereocenters. The molecule has 1 amide bonds. The number of nitrogens with zero attached hydrogens (tertiary/aromatic N) is 1. The van der Waals surface area contributed by atoms with Crippen LogP contribution in [0.3, 0.4) is 0 Å². The van der Waals surface area contributed by atoms with Crippen molar-refractivity contribution in [3.05, 3.63) is 60.1 Å². The van der Waals surface area contributed by atoms with Crippen LogP contribution in [0.2, 0.25) is 0 Å². The van der Waals surface area contributed by atoms with Crippen molar-refractivity contribution in [2.24, 2.45) is 0 Å². The van der Waals surface area contributed by atoms with Crippen LogP contribution in [0, 0.1) is 0 Å². The van der Waals surface area contributed by atoms with Crippen molar-refractivity contribution in [2.75, 3.05) is 0 Å². The molecule has 2 aromatic rings. The van der Waals surface area contributed by atoms with E-state index in [4.69, 9.17) is 4.42 Å². The van der Waals surface area contributed by atoms with Crippen molar-refractivity contribution in [1.29, 1.82) is 0 Å². The van der Waals surface area contributed by atoms with Crippen LogP contribution in [0.4, 0.5) is 0 Å². The molecular weight excluding hydrogens is 288 g/mol. The molecule has 23 heavy (non-hydrogen) atoms. The Labute approximate surface area is 136 Å². The maximum absolute atomic E-state index is 12.2. The monoisotopic (exact) mass is 310 g/mol. The standard InChI is InChI=1S/C19H22N2O2/c22-19(18-7-4-10-23-18)20-15-11-16-8-9-17(12-15)21(16)13-14-5-2-1-3-6-14/h1-7,10,15-17H,8-9,11-13H2,(H,20,22)/t16-,17-/m1/s1. The lowest BCUT2D eigenvalue weighted by Gasteiger charge is -2.39. The van der Waals surface area contributed by atoms with Gasteiger partial charge in [-0.15, -0.1) is 0 Å². The van der Waals surface area contributed by atoms with Gasteiger partial charge in [-0.3, -0.25) is 9.69 Å². The van der Waals surface area contributed by atoms with Crippen molar-refractivity contribution in [3.8, 4) is 0 Å². The van der Waals surface area contributed by atoms with Gasteiger partial charge in [0.05, 0.1) is 6.26 Å². The third kappa shape index (κ3) is 3.04. The van der Waals surface area contributed by atoms with Crippen LogP contribution < -0.4 is 5.32 Å². The number of rotatable bonds is 4. The number of furan rings is 1. The zero-order valence-electron chi connectivity index (χ0n) is 13.2. The number of fused-ring (bicyclic) bond motifs is 2. The molecule has 2 fully saturated rings. The van der Waals surface area contributed by atoms with E-state index in [-0.39, 0.29) is 11.9 Å². The second kappa shape index (κ2) is 6.20. The molecule has 2 aliphatic heterocycles. The van der Waals surface area contributed by atoms with Gasteiger partial charge in [0.15, 0.2) is 5.76 Å². The summed E-state index contributed by atoms with van der Waals surface area (Å²) >= 11 is 0. The fourth-order valence-corrected chi connectivity index (χ4v) is 4.11. The van der Waals surface area contributed by atoms with Gasteiger partial charge in [-0.05, 0) is 43.4 Å². The van der Waals surface area contributed by atoms with Gasteiger partial charge in [-0.1, -0.05) is 30.3 Å². The molecule has 0 saturated carbocycles. The second-order valence-corrected chi connectivity index (χ2v) is 6.66. The molecule has 0 spiro atoms. The van der Waals surface area contributed by atoms with Crippen molar-refractivity contribution in [3.63, 3.8) is 0 Å². The molecule has 1 aromatic heterocycles. The summed E-state index contributed by atoms with van der Waals surface area (Å²) in [7, 11) is 0. The van der Waals surface area contributed by atoms with Crippen LogP contribution in [0.15, 0.2) is 53.1 Å². The summed E-state index contributed by atoms with van der Waals surface area (Å²) in [5.41, 5.74) is 1.38. The van der Waals surface area contributed by atoms with Crippen LogP contribution in [0.1, 0.15) is 41.8 Å². The highest BCUT2D eigenvalue weighted by Gasteiger charge is 2.41. The van der Waals surface area contributed by atoms with E-state index in [0.29, 0.717) is 17.8 Å². The van der Waals surface area contributed by atoms with E-state index in [0.717, 1.165) is 19.4 Å². The zero-order valence-corrected chi connectivity index (χ0v) is 13.2. The first-order chi connectivity index (χ1) is 11.3. The van der Waals surface area contributed by atoms with Gasteiger partial charge in [-0.2, -0.15) is 0 Å². The smallest absolute Gasteiger partial charge is 0.287 e. The Morgan fingerprint density at radius 2 is 1.83 bits per heavy atom. The fraction of sp³-hybridized carbons (Fsp3) is 0.421. The summed E-state index contributed by atoms with van der Waals surface area (Å²) in [6, 6.07) is 15.6. The summed E-state index contributed by atoms with van der Waals surface area (Å²) in [6.45, 7) is 1.02. The quantitative estimate of drug-likeness (QED) is 0.943. The highest BCUT2D eigenvalue weighted by Crippen LogP contribution is 2.36. The number of piperidine rings is 1. The molecule has 3 heterocycles. The molecule has 4 heteroatoms. The Balaban J connectivity index is 1.39. The Kier molecular flexibility index (Phi) is 3.92. The Hall–Kier alpha value is -2.07. The SMILES string of the molecule is O=C(NC1C[C@H]2CC[C@H](C1)N2Cc1ccccc1)c1ccco1. The van der Waals surface area contributed by atoms with Crippen LogP contribution in [0.5, 0.6) is 0 Å². The Morgan fingerprint density at radius 3 is 2.48 bits per heavy atom. The van der Waals surface area contributed by atoms with Crippen molar-refractivity contribution in [2.45, 2.75) is 50.4 Å². The molecule has 2 bridgehead atoms. The number of hydrogen-bond acceptors (Lipinski definition) is 3. The van der Waals surface area contributed by atoms with Gasteiger partial charge in [0, 0.05) is 24.7 Å². The van der Waals surface area contributed by atoms with Gasteiger partial charge in [-0.25, -0.2) is 0 Å². The van der Waals surface area contributed by atoms with Gasteiger partial charge in [0.2, 0.25) is 0 Å². The molecule has 1 aromatic carbocycles. The highest BCUT2D eigenvalue weighted by atomic mass is 16.3. The van der Waals surface area contributed by atoms with Gasteiger partial charge >= 0.3 is 0 Å². The maximum atomic E-state index is 12.2. The molecular formula is C19H22N2O2. The van der Waals surface area contributed by atoms with Gasteiger partial charge < -0.3 is 9.73 Å². The van der Waals surface area contributed by atoms with Crippen molar-refractivity contribution >= 4 is 5.91 Å². The van der Waals surface area contributed by atoms with Crippen LogP contribution >= 0.6 is 0 Å². The first kappa shape index (κ1) is 14.5. The van der Waals surface area contributed by atoms with E-state index >= 15 is 0 Å². The predicted molar refractivity (Wildman–Crippen MR) is 88.0 cm³/mol. The molecule has 4 nitrogen and oxygen atoms in total. The van der Waals surface area contributed by atoms with Crippen molar-refractivity contribution in [1.82, 2.24) is 10.2 Å². The molecule has 2 saturated heterocycles. The number of benzene rings is 1. The summed E-state index contributed by atoms with van der Waals surface area (Å²) < 4.78 is 5.18. The van der Waals surface area contributed by atoms with Crippen LogP contribution in [-0.2, 0) is 6.54 Å². The lowest BCUT2D eigenvalue weighted by Crippen LogP contribution is -2.49. The average molecular weight is 310 g/mol. The number of carbonyl (C=O) groups is 1. The molecule has 0 unspecified atom stereocenters. The van der Waals surface area contributed by atoms with E-state index in [9.17, 15) is 4.79 Å². The molecule has 0 aliphatic carbocycles. The zero-order chi connectivity index (χ0) is 15.6. The predicted octanol–water partition coefficient (Wildman–Crippen LogP) is 3.21. The fourth-order valence-electron chi connectivity index (χ4n) is 4.11. The second-order valence-electron chi connectivity index (χ2n) is 6.66. The topological polar surface area (TPSA) is 45.5 Å². The highest BCUT2D eigenvalue weighted by molar-refractivity contribution is 5.91. The average Bonchev–Trinajstić information content (AvgIpc) is 3.17. The number of amides is 1. The third-order valence-electron chi connectivity index (χ3n) is 5.17. The molecule has 120 valence electrons. The van der Waals surface area contributed by atoms with Gasteiger partial charge in [0.25, 0.3) is 5.91 Å². The summed E-state index contributed by atoms with van der Waals surface area (Å²) in [5, 5.41) is 3.15. The minimum absolute atomic E-state index is 0.0871. The number of hydrogen-bond donors (Lipinski definition) is 1. The Morgan fingerprint density at radius 1 is 1.09 bits per heavy atom. The van der Waals surface area contributed by atoms with Crippen LogP contribution in [-0.4, -0.2) is 28.9 Å². The summed E-state index contributed by atoms with van der Waals surface area (Å²) in [6.07, 6.45) is 6.10. The minimum atomic E-state index is -0.0871. The largest absolute Gasteiger partial charge is 0.459 e. The summed E-state index contributed by atoms with van der Waals surface area (Å²) in [5.74, 6) is 0.319. The Bertz CT molecular complexity index is 639. The number of carbonyl (C=O) groups excluding carboxylic acids is 1. The molecule has 4 rings (SSSR count). The molecule has 0 radical (unpaired) electrons. The van der Waals surface area contributed by atoms with E-state index < -0.39 is 0 Å². The van der Waals surface area contributed by atoms with E-state index in [1.807, 2.05) is 0 Å².